The van der Waals surface area contributed by atoms with Crippen LogP contribution in [0, 0.1) is 5.82 Å². The summed E-state index contributed by atoms with van der Waals surface area (Å²) in [6, 6.07) is 10.6. The number of halogens is 2. The van der Waals surface area contributed by atoms with E-state index in [1.54, 1.807) is 28.7 Å². The van der Waals surface area contributed by atoms with Crippen LogP contribution in [0.15, 0.2) is 47.2 Å². The lowest BCUT2D eigenvalue weighted by molar-refractivity contribution is 0.0704. The van der Waals surface area contributed by atoms with E-state index in [-0.39, 0.29) is 17.8 Å². The topological polar surface area (TPSA) is 20.3 Å². The van der Waals surface area contributed by atoms with Crippen LogP contribution in [0.1, 0.15) is 31.0 Å². The summed E-state index contributed by atoms with van der Waals surface area (Å²) in [5.74, 6) is -0.409. The van der Waals surface area contributed by atoms with Crippen molar-refractivity contribution in [2.75, 3.05) is 6.54 Å². The van der Waals surface area contributed by atoms with Gasteiger partial charge >= 0.3 is 0 Å². The Morgan fingerprint density at radius 2 is 2.07 bits per heavy atom. The molecule has 1 atom stereocenters. The van der Waals surface area contributed by atoms with Crippen LogP contribution in [0.5, 0.6) is 0 Å². The Balaban J connectivity index is 1.61. The third-order valence-electron chi connectivity index (χ3n) is 4.83. The summed E-state index contributed by atoms with van der Waals surface area (Å²) in [5, 5.41) is 5.27. The number of carbonyl (C=O) groups excluding carboxylic acids is 1. The fourth-order valence-corrected chi connectivity index (χ4v) is 6.85. The summed E-state index contributed by atoms with van der Waals surface area (Å²) in [6.45, 7) is 0.647. The highest BCUT2D eigenvalue weighted by Gasteiger charge is 2.35. The molecule has 136 valence electrons. The average Bonchev–Trinajstić information content (AvgIpc) is 3.40. The second-order valence-corrected chi connectivity index (χ2v) is 9.76. The van der Waals surface area contributed by atoms with Gasteiger partial charge in [0.05, 0.1) is 11.1 Å². The van der Waals surface area contributed by atoms with E-state index in [0.717, 1.165) is 16.7 Å². The second-order valence-electron chi connectivity index (χ2n) is 6.35. The summed E-state index contributed by atoms with van der Waals surface area (Å²) in [6.07, 6.45) is 0.845. The van der Waals surface area contributed by atoms with Gasteiger partial charge < -0.3 is 4.90 Å². The molecule has 1 aliphatic rings. The number of hydrogen-bond donors (Lipinski definition) is 0. The molecule has 0 fully saturated rings. The quantitative estimate of drug-likeness (QED) is 0.348. The molecule has 27 heavy (non-hydrogen) atoms. The van der Waals surface area contributed by atoms with Crippen molar-refractivity contribution in [1.29, 1.82) is 0 Å². The molecule has 4 aromatic rings. The van der Waals surface area contributed by atoms with E-state index >= 15 is 0 Å². The van der Waals surface area contributed by atoms with Gasteiger partial charge in [-0.1, -0.05) is 17.7 Å². The standard InChI is InChI=1S/C20H13ClFNOS3/c21-17-12-4-3-11(22)10-16(12)27-19(17)20(24)23-7-5-14-13(6-9-26-14)18(23)15-2-1-8-25-15/h1-4,6,8-10,18H,5,7H2. The lowest BCUT2D eigenvalue weighted by Gasteiger charge is -2.35. The van der Waals surface area contributed by atoms with Crippen molar-refractivity contribution in [2.45, 2.75) is 12.5 Å². The van der Waals surface area contributed by atoms with Crippen LogP contribution in [0.2, 0.25) is 5.02 Å². The molecular weight excluding hydrogens is 421 g/mol. The molecule has 0 N–H and O–H groups in total. The van der Waals surface area contributed by atoms with E-state index in [1.807, 2.05) is 16.3 Å². The van der Waals surface area contributed by atoms with Gasteiger partial charge in [0, 0.05) is 26.4 Å². The molecule has 1 amide bonds. The Bertz CT molecular complexity index is 1150. The highest BCUT2D eigenvalue weighted by atomic mass is 35.5. The van der Waals surface area contributed by atoms with E-state index < -0.39 is 0 Å². The number of fused-ring (bicyclic) bond motifs is 2. The second kappa shape index (κ2) is 6.71. The first-order valence-corrected chi connectivity index (χ1v) is 11.4. The third kappa shape index (κ3) is 2.83. The molecule has 1 aliphatic heterocycles. The number of rotatable bonds is 2. The van der Waals surface area contributed by atoms with Gasteiger partial charge in [-0.15, -0.1) is 34.0 Å². The molecule has 0 radical (unpaired) electrons. The third-order valence-corrected chi connectivity index (χ3v) is 8.39. The van der Waals surface area contributed by atoms with Crippen molar-refractivity contribution in [3.05, 3.63) is 78.2 Å². The van der Waals surface area contributed by atoms with Crippen molar-refractivity contribution >= 4 is 61.6 Å². The molecule has 0 spiro atoms. The number of thiophene rings is 3. The highest BCUT2D eigenvalue weighted by Crippen LogP contribution is 2.43. The van der Waals surface area contributed by atoms with Gasteiger partial charge in [0.1, 0.15) is 10.7 Å². The summed E-state index contributed by atoms with van der Waals surface area (Å²) in [7, 11) is 0. The van der Waals surface area contributed by atoms with Crippen LogP contribution in [0.25, 0.3) is 10.1 Å². The highest BCUT2D eigenvalue weighted by molar-refractivity contribution is 7.21. The van der Waals surface area contributed by atoms with Crippen LogP contribution >= 0.6 is 45.6 Å². The van der Waals surface area contributed by atoms with Gasteiger partial charge in [0.25, 0.3) is 5.91 Å². The van der Waals surface area contributed by atoms with Crippen molar-refractivity contribution < 1.29 is 9.18 Å². The van der Waals surface area contributed by atoms with Crippen molar-refractivity contribution in [3.8, 4) is 0 Å². The maximum Gasteiger partial charge on any atom is 0.266 e. The van der Waals surface area contributed by atoms with E-state index in [4.69, 9.17) is 11.6 Å². The van der Waals surface area contributed by atoms with E-state index in [2.05, 4.69) is 17.5 Å². The Morgan fingerprint density at radius 1 is 1.19 bits per heavy atom. The number of amides is 1. The van der Waals surface area contributed by atoms with Crippen molar-refractivity contribution in [1.82, 2.24) is 4.90 Å². The van der Waals surface area contributed by atoms with Gasteiger partial charge in [-0.25, -0.2) is 4.39 Å². The Kier molecular flexibility index (Phi) is 4.31. The SMILES string of the molecule is O=C(c1sc2cc(F)ccc2c1Cl)N1CCc2sccc2C1c1cccs1. The van der Waals surface area contributed by atoms with Gasteiger partial charge in [0.15, 0.2) is 0 Å². The molecule has 5 rings (SSSR count). The number of hydrogen-bond acceptors (Lipinski definition) is 4. The first kappa shape index (κ1) is 17.4. The van der Waals surface area contributed by atoms with Crippen LogP contribution in [0.3, 0.4) is 0 Å². The zero-order valence-corrected chi connectivity index (χ0v) is 17.2. The lowest BCUT2D eigenvalue weighted by atomic mass is 9.98. The smallest absolute Gasteiger partial charge is 0.266 e. The first-order chi connectivity index (χ1) is 13.1. The van der Waals surface area contributed by atoms with Gasteiger partial charge in [-0.2, -0.15) is 0 Å². The largest absolute Gasteiger partial charge is 0.326 e. The molecule has 1 aromatic carbocycles. The van der Waals surface area contributed by atoms with Crippen LogP contribution in [-0.2, 0) is 6.42 Å². The predicted molar refractivity (Wildman–Crippen MR) is 112 cm³/mol. The molecule has 2 nitrogen and oxygen atoms in total. The van der Waals surface area contributed by atoms with Gasteiger partial charge in [-0.05, 0) is 53.1 Å². The summed E-state index contributed by atoms with van der Waals surface area (Å²) < 4.78 is 14.3. The number of benzene rings is 1. The van der Waals surface area contributed by atoms with Gasteiger partial charge in [0.2, 0.25) is 0 Å². The maximum atomic E-state index is 13.6. The monoisotopic (exact) mass is 433 g/mol. The first-order valence-electron chi connectivity index (χ1n) is 8.41. The molecule has 1 unspecified atom stereocenters. The van der Waals surface area contributed by atoms with Crippen LogP contribution in [0.4, 0.5) is 4.39 Å². The summed E-state index contributed by atoms with van der Waals surface area (Å²) in [5.41, 5.74) is 1.20. The average molecular weight is 434 g/mol. The molecule has 7 heteroatoms. The Hall–Kier alpha value is -1.73. The summed E-state index contributed by atoms with van der Waals surface area (Å²) in [4.78, 5) is 18.4. The Labute approximate surface area is 172 Å². The molecule has 0 aliphatic carbocycles. The molecule has 0 saturated carbocycles. The molecule has 0 bridgehead atoms. The predicted octanol–water partition coefficient (Wildman–Crippen LogP) is 6.60. The van der Waals surface area contributed by atoms with E-state index in [9.17, 15) is 9.18 Å². The number of nitrogens with zero attached hydrogens (tertiary/aromatic N) is 1. The van der Waals surface area contributed by atoms with Crippen LogP contribution in [-0.4, -0.2) is 17.4 Å². The lowest BCUT2D eigenvalue weighted by Crippen LogP contribution is -2.39. The van der Waals surface area contributed by atoms with E-state index in [1.165, 1.54) is 33.9 Å². The van der Waals surface area contributed by atoms with Crippen molar-refractivity contribution in [3.63, 3.8) is 0 Å². The maximum absolute atomic E-state index is 13.6. The number of carbonyl (C=O) groups is 1. The molecule has 3 aromatic heterocycles. The van der Waals surface area contributed by atoms with Crippen molar-refractivity contribution in [2.24, 2.45) is 0 Å². The van der Waals surface area contributed by atoms with E-state index in [0.29, 0.717) is 21.1 Å². The molecule has 0 saturated heterocycles. The Morgan fingerprint density at radius 3 is 2.89 bits per heavy atom. The fourth-order valence-electron chi connectivity index (χ4n) is 3.60. The minimum atomic E-state index is -0.322. The zero-order valence-electron chi connectivity index (χ0n) is 13.9. The minimum Gasteiger partial charge on any atom is -0.326 e. The fraction of sp³-hybridized carbons (Fsp3) is 0.150. The normalized spacial score (nSPS) is 16.7. The van der Waals surface area contributed by atoms with Crippen LogP contribution < -0.4 is 0 Å². The minimum absolute atomic E-state index is 0.0862. The summed E-state index contributed by atoms with van der Waals surface area (Å²) >= 11 is 11.2. The van der Waals surface area contributed by atoms with Gasteiger partial charge in [-0.3, -0.25) is 4.79 Å². The molecule has 4 heterocycles. The molecular formula is C20H13ClFNOS3. The zero-order chi connectivity index (χ0) is 18.5.